The molecule has 0 spiro atoms. The quantitative estimate of drug-likeness (QED) is 0.520. The van der Waals surface area contributed by atoms with Gasteiger partial charge in [0.05, 0.1) is 0 Å². The largest absolute Gasteiger partial charge is 0.303 e. The van der Waals surface area contributed by atoms with Crippen molar-refractivity contribution in [3.05, 3.63) is 0 Å². The van der Waals surface area contributed by atoms with Crippen molar-refractivity contribution in [1.82, 2.24) is 0 Å². The van der Waals surface area contributed by atoms with E-state index in [9.17, 15) is 4.79 Å². The molecule has 4 saturated carbocycles. The molecule has 0 amide bonds. The molecule has 25 heavy (non-hydrogen) atoms. The fraction of sp³-hybridized carbons (Fsp3) is 0.958. The molecule has 0 aromatic carbocycles. The van der Waals surface area contributed by atoms with Crippen LogP contribution in [0.5, 0.6) is 0 Å². The van der Waals surface area contributed by atoms with Crippen LogP contribution in [0, 0.1) is 46.3 Å². The van der Waals surface area contributed by atoms with E-state index in [0.29, 0.717) is 17.3 Å². The summed E-state index contributed by atoms with van der Waals surface area (Å²) in [7, 11) is 0. The molecule has 0 aromatic heterocycles. The van der Waals surface area contributed by atoms with Gasteiger partial charge in [0.1, 0.15) is 7.63 Å². The second kappa shape index (κ2) is 6.68. The van der Waals surface area contributed by atoms with Gasteiger partial charge in [-0.25, -0.2) is 0 Å². The topological polar surface area (TPSA) is 17.1 Å². The van der Waals surface area contributed by atoms with E-state index in [-0.39, 0.29) is 11.3 Å². The summed E-state index contributed by atoms with van der Waals surface area (Å²) in [6.45, 7) is 6.99. The van der Waals surface area contributed by atoms with Crippen LogP contribution in [-0.2, 0) is 4.79 Å². The summed E-state index contributed by atoms with van der Waals surface area (Å²) in [6, 6.07) is 0. The lowest BCUT2D eigenvalue weighted by molar-refractivity contribution is -0.115. The van der Waals surface area contributed by atoms with Crippen molar-refractivity contribution in [3.63, 3.8) is 0 Å². The van der Waals surface area contributed by atoms with Crippen LogP contribution in [0.3, 0.4) is 0 Å². The number of hydrogen-bond acceptors (Lipinski definition) is 1. The second-order valence-corrected chi connectivity index (χ2v) is 10.4. The van der Waals surface area contributed by atoms with E-state index in [1.165, 1.54) is 57.8 Å². The average Bonchev–Trinajstić information content (AvgIpc) is 3.03. The van der Waals surface area contributed by atoms with Crippen molar-refractivity contribution < 1.29 is 10.3 Å². The minimum atomic E-state index is -2.36. The fourth-order valence-corrected chi connectivity index (χ4v) is 8.48. The molecule has 4 rings (SSSR count). The fourth-order valence-electron chi connectivity index (χ4n) is 8.48. The third kappa shape index (κ3) is 2.74. The minimum Gasteiger partial charge on any atom is -0.303 e. The summed E-state index contributed by atoms with van der Waals surface area (Å²) in [6.07, 6.45) is 8.41. The molecule has 4 aliphatic rings. The van der Waals surface area contributed by atoms with E-state index >= 15 is 0 Å². The van der Waals surface area contributed by atoms with E-state index in [4.69, 9.17) is 5.48 Å². The van der Waals surface area contributed by atoms with E-state index in [1.54, 1.807) is 0 Å². The Morgan fingerprint density at radius 2 is 1.84 bits per heavy atom. The highest BCUT2D eigenvalue weighted by atomic mass is 16.1. The van der Waals surface area contributed by atoms with Crippen LogP contribution in [0.4, 0.5) is 0 Å². The lowest BCUT2D eigenvalue weighted by Crippen LogP contribution is -2.53. The van der Waals surface area contributed by atoms with Crippen molar-refractivity contribution in [2.75, 3.05) is 0 Å². The molecule has 9 atom stereocenters. The third-order valence-corrected chi connectivity index (χ3v) is 9.70. The smallest absolute Gasteiger partial charge is 0.120 e. The Labute approximate surface area is 161 Å². The first-order chi connectivity index (χ1) is 13.5. The summed E-state index contributed by atoms with van der Waals surface area (Å²) < 4.78 is 31.8. The molecule has 2 unspecified atom stereocenters. The van der Waals surface area contributed by atoms with Gasteiger partial charge in [0.15, 0.2) is 0 Å². The Morgan fingerprint density at radius 1 is 1.04 bits per heavy atom. The molecule has 0 bridgehead atoms. The second-order valence-electron chi connectivity index (χ2n) is 10.4. The van der Waals surface area contributed by atoms with Crippen molar-refractivity contribution in [1.29, 1.82) is 0 Å². The Bertz CT molecular complexity index is 651. The number of fused-ring (bicyclic) bond motifs is 5. The molecular formula is C24H40O. The molecule has 1 nitrogen and oxygen atoms in total. The molecule has 4 fully saturated rings. The first kappa shape index (κ1) is 13.8. The number of carbonyl (C=O) groups excluding carboxylic acids is 1. The monoisotopic (exact) mass is 348 g/mol. The van der Waals surface area contributed by atoms with Gasteiger partial charge in [0, 0.05) is 10.5 Å². The normalized spacial score (nSPS) is 54.6. The highest BCUT2D eigenvalue weighted by Crippen LogP contribution is 2.68. The van der Waals surface area contributed by atoms with Crippen molar-refractivity contribution >= 4 is 6.26 Å². The van der Waals surface area contributed by atoms with Gasteiger partial charge in [-0.05, 0) is 104 Å². The lowest BCUT2D eigenvalue weighted by atomic mass is 9.44. The summed E-state index contributed by atoms with van der Waals surface area (Å²) in [4.78, 5) is 11.5. The van der Waals surface area contributed by atoms with Gasteiger partial charge >= 0.3 is 0 Å². The Morgan fingerprint density at radius 3 is 2.64 bits per heavy atom. The average molecular weight is 349 g/mol. The number of rotatable bonds is 4. The van der Waals surface area contributed by atoms with Crippen molar-refractivity contribution in [2.45, 2.75) is 97.7 Å². The highest BCUT2D eigenvalue weighted by molar-refractivity contribution is 5.49. The van der Waals surface area contributed by atoms with E-state index in [2.05, 4.69) is 13.8 Å². The summed E-state index contributed by atoms with van der Waals surface area (Å²) in [5, 5.41) is 0. The van der Waals surface area contributed by atoms with E-state index in [1.807, 2.05) is 6.92 Å². The highest BCUT2D eigenvalue weighted by Gasteiger charge is 2.59. The van der Waals surface area contributed by atoms with Gasteiger partial charge in [-0.3, -0.25) is 0 Å². The zero-order chi connectivity index (χ0) is 21.2. The molecule has 4 aliphatic carbocycles. The SMILES string of the molecule is [2H]C(=O)C([2H])([2H])C([2H])[C@@H](C)[C@H]1CC[C@H]2[C@@H]3CCC4CCCC[C@]4(C)[C@H]3CC[C@]12C. The predicted molar refractivity (Wildman–Crippen MR) is 104 cm³/mol. The Kier molecular flexibility index (Phi) is 3.68. The van der Waals surface area contributed by atoms with Gasteiger partial charge < -0.3 is 4.79 Å². The van der Waals surface area contributed by atoms with Crippen LogP contribution < -0.4 is 0 Å². The van der Waals surface area contributed by atoms with Crippen LogP contribution in [-0.4, -0.2) is 6.26 Å². The Hall–Kier alpha value is -0.330. The molecule has 142 valence electrons. The number of aldehydes is 1. The van der Waals surface area contributed by atoms with Crippen LogP contribution >= 0.6 is 0 Å². The molecule has 1 heteroatoms. The molecule has 0 saturated heterocycles. The Balaban J connectivity index is 1.56. The molecule has 0 aliphatic heterocycles. The molecule has 0 heterocycles. The molecule has 0 radical (unpaired) electrons. The van der Waals surface area contributed by atoms with Crippen molar-refractivity contribution in [2.24, 2.45) is 46.3 Å². The number of hydrogen-bond donors (Lipinski definition) is 0. The van der Waals surface area contributed by atoms with E-state index in [0.717, 1.165) is 24.2 Å². The predicted octanol–water partition coefficient (Wildman–Crippen LogP) is 6.65. The first-order valence-electron chi connectivity index (χ1n) is 13.0. The standard InChI is InChI=1S/C24H40O/c1-17(7-6-16-25)20-11-12-21-19-10-9-18-8-4-5-14-23(18,2)22(19)13-15-24(20,21)3/h16-22H,4-15H2,1-3H3/t17-,18?,19+,20-,21+,22+,23+,24-/m1/s1/i6D2,7D,16D/t7?,17-,18?,19+,20-,21+,22+,23+,24-. The number of carbonyl (C=O) groups is 1. The van der Waals surface area contributed by atoms with Gasteiger partial charge in [0.25, 0.3) is 0 Å². The summed E-state index contributed by atoms with van der Waals surface area (Å²) in [5.41, 5.74) is 0.693. The summed E-state index contributed by atoms with van der Waals surface area (Å²) >= 11 is 0. The van der Waals surface area contributed by atoms with Crippen molar-refractivity contribution in [3.8, 4) is 0 Å². The summed E-state index contributed by atoms with van der Waals surface area (Å²) in [5.74, 6) is 3.37. The molecule has 0 aromatic rings. The zero-order valence-corrected chi connectivity index (χ0v) is 16.5. The lowest BCUT2D eigenvalue weighted by Gasteiger charge is -2.61. The van der Waals surface area contributed by atoms with Crippen LogP contribution in [0.1, 0.15) is 103 Å². The maximum atomic E-state index is 11.5. The molecular weight excluding hydrogens is 304 g/mol. The van der Waals surface area contributed by atoms with Gasteiger partial charge in [-0.2, -0.15) is 0 Å². The molecule has 0 N–H and O–H groups in total. The van der Waals surface area contributed by atoms with Crippen LogP contribution in [0.15, 0.2) is 0 Å². The zero-order valence-electron chi connectivity index (χ0n) is 20.5. The van der Waals surface area contributed by atoms with Gasteiger partial charge in [-0.1, -0.05) is 33.6 Å². The van der Waals surface area contributed by atoms with Crippen LogP contribution in [0.25, 0.3) is 0 Å². The maximum Gasteiger partial charge on any atom is 0.120 e. The van der Waals surface area contributed by atoms with Gasteiger partial charge in [-0.15, -0.1) is 0 Å². The first-order valence-corrected chi connectivity index (χ1v) is 11.0. The van der Waals surface area contributed by atoms with Gasteiger partial charge in [0.2, 0.25) is 0 Å². The maximum absolute atomic E-state index is 11.5. The van der Waals surface area contributed by atoms with E-state index < -0.39 is 19.0 Å². The van der Waals surface area contributed by atoms with Crippen LogP contribution in [0.2, 0.25) is 0 Å². The minimum absolute atomic E-state index is 0.166. The third-order valence-electron chi connectivity index (χ3n) is 9.70.